The van der Waals surface area contributed by atoms with E-state index in [1.165, 1.54) is 4.90 Å². The van der Waals surface area contributed by atoms with Gasteiger partial charge in [0.25, 0.3) is 0 Å². The number of carbonyl (C=O) groups excluding carboxylic acids is 2. The van der Waals surface area contributed by atoms with Crippen LogP contribution in [0.15, 0.2) is 11.6 Å². The summed E-state index contributed by atoms with van der Waals surface area (Å²) in [5.41, 5.74) is 0.619. The summed E-state index contributed by atoms with van der Waals surface area (Å²) in [7, 11) is -5.06. The second kappa shape index (κ2) is 6.31. The van der Waals surface area contributed by atoms with Gasteiger partial charge in [0.2, 0.25) is 16.3 Å². The summed E-state index contributed by atoms with van der Waals surface area (Å²) < 4.78 is 36.6. The van der Waals surface area contributed by atoms with Gasteiger partial charge >= 0.3 is 6.03 Å². The summed E-state index contributed by atoms with van der Waals surface area (Å²) in [4.78, 5) is 26.2. The van der Waals surface area contributed by atoms with Crippen LogP contribution < -0.4 is 10.6 Å². The van der Waals surface area contributed by atoms with Crippen LogP contribution in [0.3, 0.4) is 0 Å². The molecule has 0 saturated carbocycles. The fourth-order valence-corrected chi connectivity index (χ4v) is 3.85. The first kappa shape index (κ1) is 17.1. The Morgan fingerprint density at radius 2 is 2.08 bits per heavy atom. The Kier molecular flexibility index (Phi) is 4.51. The van der Waals surface area contributed by atoms with Crippen LogP contribution in [0.4, 0.5) is 4.79 Å². The summed E-state index contributed by atoms with van der Waals surface area (Å²) in [6, 6.07) is -2.25. The summed E-state index contributed by atoms with van der Waals surface area (Å²) in [5.74, 6) is -0.297. The van der Waals surface area contributed by atoms with Crippen molar-refractivity contribution in [2.75, 3.05) is 19.6 Å². The van der Waals surface area contributed by atoms with Gasteiger partial charge in [0, 0.05) is 18.9 Å². The number of fused-ring (bicyclic) bond motifs is 2. The highest BCUT2D eigenvalue weighted by Crippen LogP contribution is 2.30. The molecule has 2 fully saturated rings. The maximum atomic E-state index is 12.6. The van der Waals surface area contributed by atoms with Crippen LogP contribution in [0.1, 0.15) is 19.8 Å². The maximum absolute atomic E-state index is 12.6. The number of nitrogens with two attached hydrogens (primary N) is 1. The largest absolute Gasteiger partial charge is 0.724 e. The minimum absolute atomic E-state index is 0.0695. The second-order valence-electron chi connectivity index (χ2n) is 6.27. The van der Waals surface area contributed by atoms with Gasteiger partial charge in [-0.05, 0) is 12.5 Å². The van der Waals surface area contributed by atoms with E-state index in [-0.39, 0.29) is 18.5 Å². The van der Waals surface area contributed by atoms with Crippen molar-refractivity contribution in [1.29, 1.82) is 0 Å². The van der Waals surface area contributed by atoms with E-state index in [1.54, 1.807) is 13.0 Å². The van der Waals surface area contributed by atoms with Crippen molar-refractivity contribution in [3.8, 4) is 0 Å². The Hall–Kier alpha value is -1.69. The predicted octanol–water partition coefficient (Wildman–Crippen LogP) is -2.35. The van der Waals surface area contributed by atoms with Gasteiger partial charge in [0.1, 0.15) is 6.04 Å². The van der Waals surface area contributed by atoms with Gasteiger partial charge in [-0.3, -0.25) is 4.79 Å². The average molecular weight is 360 g/mol. The quantitative estimate of drug-likeness (QED) is 0.327. The summed E-state index contributed by atoms with van der Waals surface area (Å²) >= 11 is 0. The van der Waals surface area contributed by atoms with Gasteiger partial charge in [0.15, 0.2) is 0 Å². The number of nitrogens with one attached hydrogen (secondary N) is 1. The lowest BCUT2D eigenvalue weighted by Gasteiger charge is -2.31. The average Bonchev–Trinajstić information content (AvgIpc) is 2.72. The van der Waals surface area contributed by atoms with E-state index in [9.17, 15) is 22.6 Å². The first-order valence-electron chi connectivity index (χ1n) is 7.82. The highest BCUT2D eigenvalue weighted by atomic mass is 32.3. The Balaban J connectivity index is 1.74. The summed E-state index contributed by atoms with van der Waals surface area (Å²) in [5, 5.41) is 5.66. The lowest BCUT2D eigenvalue weighted by Crippen LogP contribution is -2.87. The van der Waals surface area contributed by atoms with E-state index in [4.69, 9.17) is 0 Å². The fourth-order valence-electron chi connectivity index (χ4n) is 3.48. The Morgan fingerprint density at radius 1 is 1.42 bits per heavy atom. The van der Waals surface area contributed by atoms with Crippen LogP contribution >= 0.6 is 0 Å². The number of hydrogen-bond acceptors (Lipinski definition) is 6. The second-order valence-corrected chi connectivity index (χ2v) is 7.24. The molecule has 3 heterocycles. The smallest absolute Gasteiger partial charge is 0.346 e. The number of rotatable bonds is 4. The number of urea groups is 1. The van der Waals surface area contributed by atoms with Crippen molar-refractivity contribution in [1.82, 2.24) is 15.3 Å². The first-order chi connectivity index (χ1) is 11.3. The van der Waals surface area contributed by atoms with E-state index >= 15 is 0 Å². The molecule has 3 amide bonds. The Bertz CT molecular complexity index is 672. The van der Waals surface area contributed by atoms with Crippen LogP contribution in [0.5, 0.6) is 0 Å². The number of carbonyl (C=O) groups is 2. The molecule has 2 saturated heterocycles. The van der Waals surface area contributed by atoms with Gasteiger partial charge < -0.3 is 20.1 Å². The molecule has 0 aromatic carbocycles. The Morgan fingerprint density at radius 3 is 2.71 bits per heavy atom. The van der Waals surface area contributed by atoms with Crippen LogP contribution in [0.25, 0.3) is 0 Å². The lowest BCUT2D eigenvalue weighted by atomic mass is 9.98. The molecule has 11 heteroatoms. The highest BCUT2D eigenvalue weighted by Gasteiger charge is 2.48. The molecule has 0 aliphatic carbocycles. The van der Waals surface area contributed by atoms with Gasteiger partial charge in [-0.2, -0.15) is 9.35 Å². The van der Waals surface area contributed by atoms with Crippen molar-refractivity contribution < 1.29 is 32.2 Å². The zero-order chi connectivity index (χ0) is 17.5. The molecule has 0 spiro atoms. The van der Waals surface area contributed by atoms with Gasteiger partial charge in [-0.15, -0.1) is 0 Å². The number of nitrogens with zero attached hydrogens (tertiary/aromatic N) is 2. The maximum Gasteiger partial charge on any atom is 0.346 e. The standard InChI is InChI=1S/C13H20N4O6S/c1-8-6-10-7-16(13(19)17(10)23-24(20,21)22)11(8)12(18)15-9-2-4-14-5-3-9/h6,9-11,14H,2-5,7H2,1H3,(H,15,18)(H,20,21,22)/t10-,11+/m1/s1. The van der Waals surface area contributed by atoms with Crippen molar-refractivity contribution >= 4 is 22.3 Å². The summed E-state index contributed by atoms with van der Waals surface area (Å²) in [6.07, 6.45) is 3.31. The van der Waals surface area contributed by atoms with Crippen LogP contribution in [0, 0.1) is 0 Å². The van der Waals surface area contributed by atoms with Crippen molar-refractivity contribution in [2.24, 2.45) is 0 Å². The van der Waals surface area contributed by atoms with Crippen molar-refractivity contribution in [3.63, 3.8) is 0 Å². The highest BCUT2D eigenvalue weighted by molar-refractivity contribution is 7.80. The van der Waals surface area contributed by atoms with Gasteiger partial charge in [0.05, 0.1) is 25.7 Å². The molecule has 10 nitrogen and oxygen atoms in total. The SMILES string of the molecule is CC1=C[C@@H]2CN(C(=O)N2OS(=O)(=O)[O-])[C@@H]1C(=O)NC1CC[NH2+]CC1. The molecule has 134 valence electrons. The van der Waals surface area contributed by atoms with Crippen LogP contribution in [-0.2, 0) is 19.5 Å². The fraction of sp³-hybridized carbons (Fsp3) is 0.692. The van der Waals surface area contributed by atoms with E-state index in [0.717, 1.165) is 25.9 Å². The topological polar surface area (TPSA) is 136 Å². The molecular weight excluding hydrogens is 340 g/mol. The predicted molar refractivity (Wildman–Crippen MR) is 78.9 cm³/mol. The molecule has 2 bridgehead atoms. The molecule has 0 aromatic rings. The number of hydrogen-bond donors (Lipinski definition) is 2. The number of amides is 3. The van der Waals surface area contributed by atoms with E-state index in [2.05, 4.69) is 14.9 Å². The number of quaternary nitrogens is 1. The molecule has 0 aromatic heterocycles. The third kappa shape index (κ3) is 3.38. The first-order valence-corrected chi connectivity index (χ1v) is 9.15. The minimum atomic E-state index is -5.06. The van der Waals surface area contributed by atoms with Crippen molar-refractivity contribution in [2.45, 2.75) is 37.9 Å². The van der Waals surface area contributed by atoms with E-state index < -0.39 is 28.5 Å². The van der Waals surface area contributed by atoms with Crippen LogP contribution in [-0.4, -0.2) is 72.6 Å². The normalized spacial score (nSPS) is 28.1. The molecule has 24 heavy (non-hydrogen) atoms. The molecule has 3 aliphatic rings. The minimum Gasteiger partial charge on any atom is -0.724 e. The van der Waals surface area contributed by atoms with E-state index in [1.807, 2.05) is 0 Å². The summed E-state index contributed by atoms with van der Waals surface area (Å²) in [6.45, 7) is 3.68. The van der Waals surface area contributed by atoms with E-state index in [0.29, 0.717) is 10.6 Å². The number of piperidine rings is 1. The third-order valence-electron chi connectivity index (χ3n) is 4.52. The zero-order valence-corrected chi connectivity index (χ0v) is 14.0. The molecule has 0 unspecified atom stereocenters. The molecule has 3 N–H and O–H groups in total. The van der Waals surface area contributed by atoms with Crippen molar-refractivity contribution in [3.05, 3.63) is 11.6 Å². The van der Waals surface area contributed by atoms with Gasteiger partial charge in [-0.1, -0.05) is 6.08 Å². The van der Waals surface area contributed by atoms with Gasteiger partial charge in [-0.25, -0.2) is 13.2 Å². The third-order valence-corrected chi connectivity index (χ3v) is 4.87. The molecule has 3 aliphatic heterocycles. The molecule has 3 rings (SSSR count). The number of hydroxylamine groups is 2. The Labute approximate surface area is 139 Å². The molecule has 0 radical (unpaired) electrons. The molecule has 2 atom stereocenters. The zero-order valence-electron chi connectivity index (χ0n) is 13.2. The monoisotopic (exact) mass is 360 g/mol. The van der Waals surface area contributed by atoms with Crippen LogP contribution in [0.2, 0.25) is 0 Å². The lowest BCUT2D eigenvalue weighted by molar-refractivity contribution is -0.663. The molecular formula is C13H20N4O6S.